The number of hydrogen-bond donors (Lipinski definition) is 1. The van der Waals surface area contributed by atoms with Crippen molar-refractivity contribution in [3.8, 4) is 0 Å². The Labute approximate surface area is 112 Å². The van der Waals surface area contributed by atoms with Crippen molar-refractivity contribution in [3.05, 3.63) is 47.8 Å². The van der Waals surface area contributed by atoms with E-state index in [0.29, 0.717) is 0 Å². The van der Waals surface area contributed by atoms with E-state index in [1.54, 1.807) is 0 Å². The summed E-state index contributed by atoms with van der Waals surface area (Å²) in [5.41, 5.74) is 8.49. The molecule has 0 aliphatic carbocycles. The van der Waals surface area contributed by atoms with Gasteiger partial charge in [-0.05, 0) is 25.1 Å². The summed E-state index contributed by atoms with van der Waals surface area (Å²) in [6.07, 6.45) is 2.79. The van der Waals surface area contributed by atoms with Crippen molar-refractivity contribution in [1.29, 1.82) is 0 Å². The normalized spacial score (nSPS) is 12.6. The number of hydrogen-bond acceptors (Lipinski definition) is 3. The van der Waals surface area contributed by atoms with Crippen LogP contribution in [0.3, 0.4) is 0 Å². The molecule has 0 aliphatic heterocycles. The maximum Gasteiger partial charge on any atom is 0.0640 e. The quantitative estimate of drug-likeness (QED) is 0.841. The van der Waals surface area contributed by atoms with E-state index < -0.39 is 0 Å². The van der Waals surface area contributed by atoms with E-state index in [0.717, 1.165) is 17.9 Å². The molecule has 2 N–H and O–H groups in total. The highest BCUT2D eigenvalue weighted by molar-refractivity contribution is 7.99. The molecule has 1 atom stereocenters. The second-order valence-electron chi connectivity index (χ2n) is 4.57. The van der Waals surface area contributed by atoms with Gasteiger partial charge in [0.1, 0.15) is 0 Å². The van der Waals surface area contributed by atoms with Crippen molar-refractivity contribution >= 4 is 11.8 Å². The van der Waals surface area contributed by atoms with Gasteiger partial charge in [-0.1, -0.05) is 17.7 Å². The molecule has 1 unspecified atom stereocenters. The molecule has 1 heterocycles. The van der Waals surface area contributed by atoms with Gasteiger partial charge >= 0.3 is 0 Å². The van der Waals surface area contributed by atoms with Crippen LogP contribution in [0.25, 0.3) is 0 Å². The number of aromatic nitrogens is 2. The number of nitrogens with zero attached hydrogens (tertiary/aromatic N) is 2. The predicted molar refractivity (Wildman–Crippen MR) is 76.8 cm³/mol. The van der Waals surface area contributed by atoms with Crippen molar-refractivity contribution in [3.63, 3.8) is 0 Å². The zero-order valence-electron chi connectivity index (χ0n) is 10.8. The largest absolute Gasteiger partial charge is 0.327 e. The summed E-state index contributed by atoms with van der Waals surface area (Å²) in [7, 11) is 1.93. The number of aryl methyl sites for hydroxylation is 2. The van der Waals surface area contributed by atoms with Gasteiger partial charge in [-0.25, -0.2) is 0 Å². The van der Waals surface area contributed by atoms with Gasteiger partial charge in [-0.15, -0.1) is 11.8 Å². The van der Waals surface area contributed by atoms with Gasteiger partial charge < -0.3 is 5.73 Å². The number of nitrogens with two attached hydrogens (primary N) is 1. The highest BCUT2D eigenvalue weighted by Gasteiger charge is 2.07. The fourth-order valence-electron chi connectivity index (χ4n) is 1.81. The minimum absolute atomic E-state index is 0.144. The van der Waals surface area contributed by atoms with Crippen molar-refractivity contribution in [2.75, 3.05) is 5.75 Å². The minimum atomic E-state index is 0.144. The summed E-state index contributed by atoms with van der Waals surface area (Å²) < 4.78 is 1.82. The molecule has 0 aliphatic rings. The Bertz CT molecular complexity index is 507. The molecule has 0 saturated carbocycles. The van der Waals surface area contributed by atoms with Crippen LogP contribution in [0.2, 0.25) is 0 Å². The van der Waals surface area contributed by atoms with Gasteiger partial charge in [0.15, 0.2) is 0 Å². The fourth-order valence-corrected chi connectivity index (χ4v) is 2.78. The average Bonchev–Trinajstić information content (AvgIpc) is 2.72. The Morgan fingerprint density at radius 1 is 1.39 bits per heavy atom. The smallest absolute Gasteiger partial charge is 0.0640 e. The number of thioether (sulfide) groups is 1. The van der Waals surface area contributed by atoms with E-state index in [9.17, 15) is 0 Å². The van der Waals surface area contributed by atoms with Crippen molar-refractivity contribution in [2.45, 2.75) is 24.3 Å². The van der Waals surface area contributed by atoms with Crippen LogP contribution in [0.1, 0.15) is 11.3 Å². The van der Waals surface area contributed by atoms with E-state index in [-0.39, 0.29) is 6.04 Å². The molecule has 0 saturated heterocycles. The van der Waals surface area contributed by atoms with Crippen molar-refractivity contribution < 1.29 is 0 Å². The van der Waals surface area contributed by atoms with Crippen LogP contribution in [0.15, 0.2) is 41.4 Å². The van der Waals surface area contributed by atoms with Crippen LogP contribution < -0.4 is 5.73 Å². The Morgan fingerprint density at radius 2 is 2.22 bits per heavy atom. The summed E-state index contributed by atoms with van der Waals surface area (Å²) in [6, 6.07) is 10.7. The number of rotatable bonds is 5. The highest BCUT2D eigenvalue weighted by Crippen LogP contribution is 2.20. The third-order valence-corrected chi connectivity index (χ3v) is 3.88. The van der Waals surface area contributed by atoms with Crippen LogP contribution in [-0.2, 0) is 13.5 Å². The van der Waals surface area contributed by atoms with Crippen LogP contribution in [0.5, 0.6) is 0 Å². The van der Waals surface area contributed by atoms with Gasteiger partial charge in [0, 0.05) is 36.4 Å². The molecule has 1 aromatic heterocycles. The lowest BCUT2D eigenvalue weighted by atomic mass is 10.2. The summed E-state index contributed by atoms with van der Waals surface area (Å²) >= 11 is 1.81. The molecule has 0 fully saturated rings. The molecule has 3 nitrogen and oxygen atoms in total. The third kappa shape index (κ3) is 3.89. The van der Waals surface area contributed by atoms with Crippen LogP contribution in [-0.4, -0.2) is 21.6 Å². The van der Waals surface area contributed by atoms with Crippen molar-refractivity contribution in [1.82, 2.24) is 9.78 Å². The van der Waals surface area contributed by atoms with Gasteiger partial charge in [0.25, 0.3) is 0 Å². The van der Waals surface area contributed by atoms with Crippen molar-refractivity contribution in [2.24, 2.45) is 12.8 Å². The molecule has 0 bridgehead atoms. The van der Waals surface area contributed by atoms with Crippen LogP contribution >= 0.6 is 11.8 Å². The van der Waals surface area contributed by atoms with E-state index >= 15 is 0 Å². The average molecular weight is 261 g/mol. The molecule has 0 amide bonds. The Morgan fingerprint density at radius 3 is 2.89 bits per heavy atom. The zero-order valence-corrected chi connectivity index (χ0v) is 11.7. The summed E-state index contributed by atoms with van der Waals surface area (Å²) in [5.74, 6) is 0.917. The third-order valence-electron chi connectivity index (χ3n) is 2.69. The first-order valence-corrected chi connectivity index (χ1v) is 7.05. The summed E-state index contributed by atoms with van der Waals surface area (Å²) in [6.45, 7) is 2.11. The number of benzene rings is 1. The SMILES string of the molecule is Cc1cccc(SCC(N)Cc2ccn(C)n2)c1. The summed E-state index contributed by atoms with van der Waals surface area (Å²) in [4.78, 5) is 1.28. The standard InChI is InChI=1S/C14H19N3S/c1-11-4-3-5-14(8-11)18-10-12(15)9-13-6-7-17(2)16-13/h3-8,12H,9-10,15H2,1-2H3. The molecule has 18 heavy (non-hydrogen) atoms. The molecule has 96 valence electrons. The second-order valence-corrected chi connectivity index (χ2v) is 5.67. The van der Waals surface area contributed by atoms with Gasteiger partial charge in [-0.3, -0.25) is 4.68 Å². The monoisotopic (exact) mass is 261 g/mol. The topological polar surface area (TPSA) is 43.8 Å². The minimum Gasteiger partial charge on any atom is -0.327 e. The Hall–Kier alpha value is -1.26. The highest BCUT2D eigenvalue weighted by atomic mass is 32.2. The maximum atomic E-state index is 6.13. The summed E-state index contributed by atoms with van der Waals surface area (Å²) in [5, 5.41) is 4.35. The lowest BCUT2D eigenvalue weighted by Gasteiger charge is -2.09. The molecule has 0 radical (unpaired) electrons. The second kappa shape index (κ2) is 6.07. The van der Waals surface area contributed by atoms with Crippen LogP contribution in [0, 0.1) is 6.92 Å². The Balaban J connectivity index is 1.83. The van der Waals surface area contributed by atoms with E-state index in [4.69, 9.17) is 5.73 Å². The predicted octanol–water partition coefficient (Wildman–Crippen LogP) is 2.39. The lowest BCUT2D eigenvalue weighted by Crippen LogP contribution is -2.25. The first-order valence-electron chi connectivity index (χ1n) is 6.07. The first-order chi connectivity index (χ1) is 8.63. The van der Waals surface area contributed by atoms with E-state index in [1.165, 1.54) is 10.5 Å². The molecular formula is C14H19N3S. The Kier molecular flexibility index (Phi) is 4.44. The molecule has 2 aromatic rings. The first kappa shape index (κ1) is 13.2. The van der Waals surface area contributed by atoms with Gasteiger partial charge in [0.05, 0.1) is 5.69 Å². The maximum absolute atomic E-state index is 6.13. The molecule has 2 rings (SSSR count). The molecule has 4 heteroatoms. The molecular weight excluding hydrogens is 242 g/mol. The van der Waals surface area contributed by atoms with Gasteiger partial charge in [0.2, 0.25) is 0 Å². The molecule has 0 spiro atoms. The van der Waals surface area contributed by atoms with Crippen LogP contribution in [0.4, 0.5) is 0 Å². The van der Waals surface area contributed by atoms with E-state index in [2.05, 4.69) is 36.3 Å². The van der Waals surface area contributed by atoms with Gasteiger partial charge in [-0.2, -0.15) is 5.10 Å². The molecule has 1 aromatic carbocycles. The zero-order chi connectivity index (χ0) is 13.0. The fraction of sp³-hybridized carbons (Fsp3) is 0.357. The lowest BCUT2D eigenvalue weighted by molar-refractivity contribution is 0.691. The van der Waals surface area contributed by atoms with E-state index in [1.807, 2.05) is 35.8 Å².